The average molecular weight is 264 g/mol. The van der Waals surface area contributed by atoms with Crippen LogP contribution in [-0.4, -0.2) is 46.3 Å². The van der Waals surface area contributed by atoms with Gasteiger partial charge >= 0.3 is 0 Å². The molecule has 1 saturated heterocycles. The molecule has 1 N–H and O–H groups in total. The molecule has 2 aliphatic rings. The van der Waals surface area contributed by atoms with Gasteiger partial charge in [-0.15, -0.1) is 0 Å². The Labute approximate surface area is 114 Å². The van der Waals surface area contributed by atoms with Gasteiger partial charge in [0.1, 0.15) is 11.9 Å². The van der Waals surface area contributed by atoms with Crippen molar-refractivity contribution in [2.45, 2.75) is 45.1 Å². The van der Waals surface area contributed by atoms with E-state index < -0.39 is 0 Å². The monoisotopic (exact) mass is 264 g/mol. The Kier molecular flexibility index (Phi) is 4.13. The van der Waals surface area contributed by atoms with Crippen LogP contribution in [0.5, 0.6) is 0 Å². The normalized spacial score (nSPS) is 26.1. The van der Waals surface area contributed by atoms with E-state index in [-0.39, 0.29) is 6.10 Å². The van der Waals surface area contributed by atoms with Crippen LogP contribution < -0.4 is 0 Å². The number of hydrogen-bond donors (Lipinski definition) is 1. The van der Waals surface area contributed by atoms with Gasteiger partial charge in [-0.05, 0) is 25.8 Å². The Morgan fingerprint density at radius 3 is 2.95 bits per heavy atom. The highest BCUT2D eigenvalue weighted by atomic mass is 16.5. The number of H-pyrrole nitrogens is 1. The molecular formula is C14H24N4O. The highest BCUT2D eigenvalue weighted by Gasteiger charge is 2.25. The van der Waals surface area contributed by atoms with Gasteiger partial charge in [-0.25, -0.2) is 4.98 Å². The van der Waals surface area contributed by atoms with Crippen molar-refractivity contribution in [3.63, 3.8) is 0 Å². The van der Waals surface area contributed by atoms with Crippen LogP contribution >= 0.6 is 0 Å². The van der Waals surface area contributed by atoms with Gasteiger partial charge in [-0.3, -0.25) is 10.00 Å². The number of aryl methyl sites for hydroxylation is 1. The molecule has 19 heavy (non-hydrogen) atoms. The average Bonchev–Trinajstić information content (AvgIpc) is 3.08. The molecule has 0 amide bonds. The quantitative estimate of drug-likeness (QED) is 0.904. The first-order chi connectivity index (χ1) is 9.31. The molecule has 1 atom stereocenters. The number of aromatic amines is 1. The summed E-state index contributed by atoms with van der Waals surface area (Å²) < 4.78 is 5.79. The zero-order valence-electron chi connectivity index (χ0n) is 11.8. The minimum absolute atomic E-state index is 0.0438. The van der Waals surface area contributed by atoms with Crippen LogP contribution in [0.1, 0.15) is 49.9 Å². The van der Waals surface area contributed by atoms with Crippen LogP contribution in [0.2, 0.25) is 0 Å². The molecule has 106 valence electrons. The fourth-order valence-corrected chi connectivity index (χ4v) is 3.23. The van der Waals surface area contributed by atoms with Gasteiger partial charge in [0.15, 0.2) is 5.82 Å². The summed E-state index contributed by atoms with van der Waals surface area (Å²) in [5.41, 5.74) is 0. The van der Waals surface area contributed by atoms with Gasteiger partial charge < -0.3 is 4.74 Å². The lowest BCUT2D eigenvalue weighted by Crippen LogP contribution is -2.39. The van der Waals surface area contributed by atoms with Gasteiger partial charge in [0.05, 0.1) is 6.61 Å². The molecule has 2 fully saturated rings. The first-order valence-corrected chi connectivity index (χ1v) is 7.54. The van der Waals surface area contributed by atoms with E-state index in [0.29, 0.717) is 0 Å². The molecule has 0 bridgehead atoms. The Morgan fingerprint density at radius 1 is 1.37 bits per heavy atom. The number of ether oxygens (including phenoxy) is 1. The van der Waals surface area contributed by atoms with Crippen molar-refractivity contribution in [1.82, 2.24) is 20.1 Å². The van der Waals surface area contributed by atoms with Crippen molar-refractivity contribution >= 4 is 0 Å². The molecule has 5 heteroatoms. The Morgan fingerprint density at radius 2 is 2.21 bits per heavy atom. The standard InChI is InChI=1S/C14H24N4O/c1-11-15-14(17-16-11)13-10-18(8-9-19-13)7-6-12-4-2-3-5-12/h12-13H,2-10H2,1H3,(H,15,16,17)/t13-/m0/s1. The Balaban J connectivity index is 1.50. The maximum absolute atomic E-state index is 5.79. The largest absolute Gasteiger partial charge is 0.367 e. The number of morpholine rings is 1. The lowest BCUT2D eigenvalue weighted by molar-refractivity contribution is -0.0354. The molecule has 0 unspecified atom stereocenters. The molecule has 3 rings (SSSR count). The second kappa shape index (κ2) is 6.01. The van der Waals surface area contributed by atoms with Crippen LogP contribution in [-0.2, 0) is 4.74 Å². The highest BCUT2D eigenvalue weighted by molar-refractivity contribution is 4.95. The Bertz CT molecular complexity index is 400. The predicted octanol–water partition coefficient (Wildman–Crippen LogP) is 2.07. The van der Waals surface area contributed by atoms with Crippen molar-refractivity contribution < 1.29 is 4.74 Å². The van der Waals surface area contributed by atoms with Gasteiger partial charge in [0.25, 0.3) is 0 Å². The summed E-state index contributed by atoms with van der Waals surface area (Å²) in [5, 5.41) is 7.12. The lowest BCUT2D eigenvalue weighted by Gasteiger charge is -2.32. The first kappa shape index (κ1) is 13.1. The molecule has 1 aromatic rings. The number of hydrogen-bond acceptors (Lipinski definition) is 4. The van der Waals surface area contributed by atoms with Crippen LogP contribution in [0, 0.1) is 12.8 Å². The van der Waals surface area contributed by atoms with E-state index in [1.807, 2.05) is 6.92 Å². The summed E-state index contributed by atoms with van der Waals surface area (Å²) in [6.07, 6.45) is 7.14. The maximum Gasteiger partial charge on any atom is 0.180 e. The van der Waals surface area contributed by atoms with Crippen molar-refractivity contribution in [3.05, 3.63) is 11.6 Å². The van der Waals surface area contributed by atoms with E-state index in [9.17, 15) is 0 Å². The lowest BCUT2D eigenvalue weighted by atomic mass is 10.0. The van der Waals surface area contributed by atoms with Crippen LogP contribution in [0.25, 0.3) is 0 Å². The molecule has 2 heterocycles. The first-order valence-electron chi connectivity index (χ1n) is 7.54. The molecule has 0 spiro atoms. The zero-order chi connectivity index (χ0) is 13.1. The summed E-state index contributed by atoms with van der Waals surface area (Å²) in [7, 11) is 0. The topological polar surface area (TPSA) is 54.0 Å². The van der Waals surface area contributed by atoms with Crippen molar-refractivity contribution in [2.24, 2.45) is 5.92 Å². The molecule has 1 aliphatic heterocycles. The summed E-state index contributed by atoms with van der Waals surface area (Å²) >= 11 is 0. The Hall–Kier alpha value is -0.940. The van der Waals surface area contributed by atoms with Crippen molar-refractivity contribution in [2.75, 3.05) is 26.2 Å². The summed E-state index contributed by atoms with van der Waals surface area (Å²) in [6.45, 7) is 5.91. The number of nitrogens with zero attached hydrogens (tertiary/aromatic N) is 3. The highest BCUT2D eigenvalue weighted by Crippen LogP contribution is 2.28. The van der Waals surface area contributed by atoms with Crippen molar-refractivity contribution in [3.8, 4) is 0 Å². The van der Waals surface area contributed by atoms with Gasteiger partial charge in [-0.2, -0.15) is 5.10 Å². The number of nitrogens with one attached hydrogen (secondary N) is 1. The molecule has 5 nitrogen and oxygen atoms in total. The summed E-state index contributed by atoms with van der Waals surface area (Å²) in [4.78, 5) is 6.90. The summed E-state index contributed by atoms with van der Waals surface area (Å²) in [6, 6.07) is 0. The smallest absolute Gasteiger partial charge is 0.180 e. The fraction of sp³-hybridized carbons (Fsp3) is 0.857. The van der Waals surface area contributed by atoms with Crippen LogP contribution in [0.15, 0.2) is 0 Å². The minimum Gasteiger partial charge on any atom is -0.367 e. The number of aromatic nitrogens is 3. The third kappa shape index (κ3) is 3.34. The maximum atomic E-state index is 5.79. The van der Waals surface area contributed by atoms with E-state index in [1.165, 1.54) is 38.6 Å². The van der Waals surface area contributed by atoms with Gasteiger partial charge in [0.2, 0.25) is 0 Å². The second-order valence-electron chi connectivity index (χ2n) is 5.88. The molecule has 1 aromatic heterocycles. The molecule has 0 aromatic carbocycles. The third-order valence-corrected chi connectivity index (χ3v) is 4.38. The molecule has 0 radical (unpaired) electrons. The van der Waals surface area contributed by atoms with E-state index in [4.69, 9.17) is 4.74 Å². The fourth-order valence-electron chi connectivity index (χ4n) is 3.23. The summed E-state index contributed by atoms with van der Waals surface area (Å²) in [5.74, 6) is 2.64. The van der Waals surface area contributed by atoms with Crippen LogP contribution in [0.3, 0.4) is 0 Å². The van der Waals surface area contributed by atoms with Crippen molar-refractivity contribution in [1.29, 1.82) is 0 Å². The van der Waals surface area contributed by atoms with E-state index >= 15 is 0 Å². The predicted molar refractivity (Wildman–Crippen MR) is 72.8 cm³/mol. The molecule has 1 saturated carbocycles. The molecular weight excluding hydrogens is 240 g/mol. The van der Waals surface area contributed by atoms with Crippen LogP contribution in [0.4, 0.5) is 0 Å². The van der Waals surface area contributed by atoms with Gasteiger partial charge in [0, 0.05) is 13.1 Å². The van der Waals surface area contributed by atoms with E-state index in [1.54, 1.807) is 0 Å². The minimum atomic E-state index is 0.0438. The third-order valence-electron chi connectivity index (χ3n) is 4.38. The van der Waals surface area contributed by atoms with E-state index in [0.717, 1.165) is 37.3 Å². The molecule has 1 aliphatic carbocycles. The zero-order valence-corrected chi connectivity index (χ0v) is 11.8. The van der Waals surface area contributed by atoms with Gasteiger partial charge in [-0.1, -0.05) is 25.7 Å². The SMILES string of the molecule is Cc1nc([C@@H]2CN(CCC3CCCC3)CCO2)n[nH]1. The second-order valence-corrected chi connectivity index (χ2v) is 5.88. The number of rotatable bonds is 4. The van der Waals surface area contributed by atoms with E-state index in [2.05, 4.69) is 20.1 Å².